The number of amides is 1. The molecule has 2 aliphatic rings. The summed E-state index contributed by atoms with van der Waals surface area (Å²) in [5.41, 5.74) is 1.97. The summed E-state index contributed by atoms with van der Waals surface area (Å²) in [4.78, 5) is 17.5. The molecule has 0 aliphatic carbocycles. The maximum Gasteiger partial charge on any atom is 0.251 e. The molecule has 0 saturated carbocycles. The average Bonchev–Trinajstić information content (AvgIpc) is 2.72. The topological polar surface area (TPSA) is 44.8 Å². The third kappa shape index (κ3) is 6.30. The third-order valence-electron chi connectivity index (χ3n) is 5.83. The zero-order chi connectivity index (χ0) is 18.9. The second kappa shape index (κ2) is 10.8. The highest BCUT2D eigenvalue weighted by molar-refractivity contribution is 5.94. The van der Waals surface area contributed by atoms with E-state index in [1.807, 2.05) is 18.2 Å². The van der Waals surface area contributed by atoms with Crippen molar-refractivity contribution >= 4 is 5.91 Å². The predicted molar refractivity (Wildman–Crippen MR) is 109 cm³/mol. The molecule has 0 spiro atoms. The van der Waals surface area contributed by atoms with Crippen molar-refractivity contribution in [2.45, 2.75) is 51.6 Å². The SMILES string of the molecule is CC[C@@H]1CCCCN1CCCNC(=O)c1cccc(CN2CCOCC2)c1. The normalized spacial score (nSPS) is 21.9. The van der Waals surface area contributed by atoms with Crippen LogP contribution in [0, 0.1) is 0 Å². The van der Waals surface area contributed by atoms with Gasteiger partial charge in [0.15, 0.2) is 0 Å². The molecule has 5 nitrogen and oxygen atoms in total. The molecule has 0 aromatic heterocycles. The molecule has 2 heterocycles. The summed E-state index contributed by atoms with van der Waals surface area (Å²) in [7, 11) is 0. The first-order valence-electron chi connectivity index (χ1n) is 10.7. The van der Waals surface area contributed by atoms with Crippen LogP contribution in [-0.2, 0) is 11.3 Å². The van der Waals surface area contributed by atoms with Crippen molar-refractivity contribution in [3.63, 3.8) is 0 Å². The Morgan fingerprint density at radius 3 is 2.89 bits per heavy atom. The highest BCUT2D eigenvalue weighted by atomic mass is 16.5. The zero-order valence-electron chi connectivity index (χ0n) is 16.8. The van der Waals surface area contributed by atoms with Crippen LogP contribution < -0.4 is 5.32 Å². The van der Waals surface area contributed by atoms with Crippen molar-refractivity contribution in [3.05, 3.63) is 35.4 Å². The minimum absolute atomic E-state index is 0.0458. The average molecular weight is 374 g/mol. The van der Waals surface area contributed by atoms with Crippen LogP contribution in [0.2, 0.25) is 0 Å². The number of morpholine rings is 1. The number of hydrogen-bond acceptors (Lipinski definition) is 4. The molecule has 2 saturated heterocycles. The van der Waals surface area contributed by atoms with Crippen LogP contribution in [0.3, 0.4) is 0 Å². The number of piperidine rings is 1. The van der Waals surface area contributed by atoms with E-state index in [-0.39, 0.29) is 5.91 Å². The Morgan fingerprint density at radius 2 is 2.07 bits per heavy atom. The summed E-state index contributed by atoms with van der Waals surface area (Å²) in [6.45, 7) is 9.77. The Hall–Kier alpha value is -1.43. The fraction of sp³-hybridized carbons (Fsp3) is 0.682. The minimum atomic E-state index is 0.0458. The lowest BCUT2D eigenvalue weighted by Gasteiger charge is -2.35. The van der Waals surface area contributed by atoms with E-state index in [2.05, 4.69) is 28.1 Å². The summed E-state index contributed by atoms with van der Waals surface area (Å²) in [6, 6.07) is 8.78. The van der Waals surface area contributed by atoms with Gasteiger partial charge in [0.2, 0.25) is 0 Å². The van der Waals surface area contributed by atoms with Crippen molar-refractivity contribution in [1.29, 1.82) is 0 Å². The lowest BCUT2D eigenvalue weighted by Crippen LogP contribution is -2.40. The van der Waals surface area contributed by atoms with E-state index in [1.165, 1.54) is 37.8 Å². The van der Waals surface area contributed by atoms with Crippen LogP contribution in [0.5, 0.6) is 0 Å². The maximum absolute atomic E-state index is 12.5. The van der Waals surface area contributed by atoms with Gasteiger partial charge in [0, 0.05) is 44.3 Å². The van der Waals surface area contributed by atoms with Crippen LogP contribution in [-0.4, -0.2) is 67.7 Å². The van der Waals surface area contributed by atoms with Gasteiger partial charge in [0.05, 0.1) is 13.2 Å². The highest BCUT2D eigenvalue weighted by Crippen LogP contribution is 2.19. The van der Waals surface area contributed by atoms with Crippen molar-refractivity contribution in [2.75, 3.05) is 45.9 Å². The van der Waals surface area contributed by atoms with Crippen molar-refractivity contribution in [1.82, 2.24) is 15.1 Å². The first-order valence-corrected chi connectivity index (χ1v) is 10.7. The Morgan fingerprint density at radius 1 is 1.22 bits per heavy atom. The van der Waals surface area contributed by atoms with E-state index in [4.69, 9.17) is 4.74 Å². The van der Waals surface area contributed by atoms with Crippen LogP contribution in [0.1, 0.15) is 54.9 Å². The van der Waals surface area contributed by atoms with Gasteiger partial charge < -0.3 is 15.0 Å². The molecule has 1 aromatic rings. The van der Waals surface area contributed by atoms with Crippen molar-refractivity contribution in [3.8, 4) is 0 Å². The molecule has 2 aliphatic heterocycles. The summed E-state index contributed by atoms with van der Waals surface area (Å²) in [6.07, 6.45) is 6.28. The van der Waals surface area contributed by atoms with Crippen LogP contribution in [0.15, 0.2) is 24.3 Å². The molecule has 3 rings (SSSR count). The number of ether oxygens (including phenoxy) is 1. The zero-order valence-corrected chi connectivity index (χ0v) is 16.8. The quantitative estimate of drug-likeness (QED) is 0.712. The van der Waals surface area contributed by atoms with Crippen molar-refractivity contribution < 1.29 is 9.53 Å². The van der Waals surface area contributed by atoms with Gasteiger partial charge in [-0.2, -0.15) is 0 Å². The molecule has 0 unspecified atom stereocenters. The Balaban J connectivity index is 1.41. The van der Waals surface area contributed by atoms with Crippen molar-refractivity contribution in [2.24, 2.45) is 0 Å². The Labute approximate surface area is 164 Å². The Kier molecular flexibility index (Phi) is 8.11. The molecule has 27 heavy (non-hydrogen) atoms. The van der Waals surface area contributed by atoms with Crippen LogP contribution in [0.25, 0.3) is 0 Å². The molecule has 0 radical (unpaired) electrons. The number of benzene rings is 1. The summed E-state index contributed by atoms with van der Waals surface area (Å²) < 4.78 is 5.40. The van der Waals surface area contributed by atoms with E-state index in [9.17, 15) is 4.79 Å². The van der Waals surface area contributed by atoms with Crippen LogP contribution >= 0.6 is 0 Å². The minimum Gasteiger partial charge on any atom is -0.379 e. The van der Waals surface area contributed by atoms with Gasteiger partial charge in [-0.1, -0.05) is 25.5 Å². The van der Waals surface area contributed by atoms with E-state index in [0.717, 1.165) is 64.0 Å². The summed E-state index contributed by atoms with van der Waals surface area (Å²) in [5.74, 6) is 0.0458. The molecule has 1 N–H and O–H groups in total. The van der Waals surface area contributed by atoms with Gasteiger partial charge in [-0.25, -0.2) is 0 Å². The molecule has 2 fully saturated rings. The lowest BCUT2D eigenvalue weighted by atomic mass is 10.00. The molecule has 5 heteroatoms. The van der Waals surface area contributed by atoms with E-state index >= 15 is 0 Å². The molecule has 0 bridgehead atoms. The second-order valence-electron chi connectivity index (χ2n) is 7.79. The summed E-state index contributed by atoms with van der Waals surface area (Å²) in [5, 5.41) is 3.10. The van der Waals surface area contributed by atoms with Gasteiger partial charge >= 0.3 is 0 Å². The van der Waals surface area contributed by atoms with Crippen LogP contribution in [0.4, 0.5) is 0 Å². The molecular weight excluding hydrogens is 338 g/mol. The fourth-order valence-corrected chi connectivity index (χ4v) is 4.23. The monoisotopic (exact) mass is 373 g/mol. The van der Waals surface area contributed by atoms with Gasteiger partial charge in [-0.05, 0) is 49.9 Å². The predicted octanol–water partition coefficient (Wildman–Crippen LogP) is 2.90. The number of carbonyl (C=O) groups excluding carboxylic acids is 1. The smallest absolute Gasteiger partial charge is 0.251 e. The molecule has 1 atom stereocenters. The Bertz CT molecular complexity index is 587. The first kappa shape index (κ1) is 20.3. The van der Waals surface area contributed by atoms with E-state index in [1.54, 1.807) is 0 Å². The molecule has 150 valence electrons. The number of likely N-dealkylation sites (tertiary alicyclic amines) is 1. The second-order valence-corrected chi connectivity index (χ2v) is 7.79. The first-order chi connectivity index (χ1) is 13.3. The number of nitrogens with one attached hydrogen (secondary N) is 1. The van der Waals surface area contributed by atoms with Gasteiger partial charge in [-0.3, -0.25) is 9.69 Å². The van der Waals surface area contributed by atoms with E-state index in [0.29, 0.717) is 0 Å². The largest absolute Gasteiger partial charge is 0.379 e. The number of rotatable bonds is 8. The van der Waals surface area contributed by atoms with Gasteiger partial charge in [0.1, 0.15) is 0 Å². The lowest BCUT2D eigenvalue weighted by molar-refractivity contribution is 0.0342. The third-order valence-corrected chi connectivity index (χ3v) is 5.83. The maximum atomic E-state index is 12.5. The van der Waals surface area contributed by atoms with E-state index < -0.39 is 0 Å². The standard InChI is InChI=1S/C22H35N3O2/c1-2-21-9-3-4-11-25(21)12-6-10-23-22(26)20-8-5-7-19(17-20)18-24-13-15-27-16-14-24/h5,7-8,17,21H,2-4,6,9-16,18H2,1H3,(H,23,26)/t21-/m1/s1. The fourth-order valence-electron chi connectivity index (χ4n) is 4.23. The number of carbonyl (C=O) groups is 1. The summed E-state index contributed by atoms with van der Waals surface area (Å²) >= 11 is 0. The highest BCUT2D eigenvalue weighted by Gasteiger charge is 2.20. The molecule has 1 amide bonds. The number of hydrogen-bond donors (Lipinski definition) is 1. The molecule has 1 aromatic carbocycles. The van der Waals surface area contributed by atoms with Gasteiger partial charge in [-0.15, -0.1) is 0 Å². The molecular formula is C22H35N3O2. The van der Waals surface area contributed by atoms with Gasteiger partial charge in [0.25, 0.3) is 5.91 Å². The number of nitrogens with zero attached hydrogens (tertiary/aromatic N) is 2.